The molecule has 1 fully saturated rings. The fourth-order valence-corrected chi connectivity index (χ4v) is 3.77. The molecule has 0 aromatic carbocycles. The van der Waals surface area contributed by atoms with E-state index in [1.807, 2.05) is 10.3 Å². The molecule has 2 aromatic heterocycles. The van der Waals surface area contributed by atoms with E-state index in [-0.39, 0.29) is 36.5 Å². The monoisotopic (exact) mass is 356 g/mol. The zero-order valence-corrected chi connectivity index (χ0v) is 14.6. The quantitative estimate of drug-likeness (QED) is 0.902. The van der Waals surface area contributed by atoms with Gasteiger partial charge in [0.05, 0.1) is 11.7 Å². The van der Waals surface area contributed by atoms with Gasteiger partial charge in [0, 0.05) is 19.1 Å². The Morgan fingerprint density at radius 2 is 2.30 bits per heavy atom. The van der Waals surface area contributed by atoms with Crippen molar-refractivity contribution >= 4 is 39.9 Å². The number of nitrogens with two attached hydrogens (primary N) is 1. The Kier molecular flexibility index (Phi) is 5.78. The number of amides is 1. The fourth-order valence-electron chi connectivity index (χ4n) is 3.05. The van der Waals surface area contributed by atoms with E-state index in [2.05, 4.69) is 11.9 Å². The second-order valence-electron chi connectivity index (χ2n) is 5.92. The van der Waals surface area contributed by atoms with Crippen LogP contribution in [0.2, 0.25) is 0 Å². The van der Waals surface area contributed by atoms with E-state index >= 15 is 0 Å². The molecule has 1 aliphatic heterocycles. The zero-order valence-electron chi connectivity index (χ0n) is 13.0. The third-order valence-electron chi connectivity index (χ3n) is 4.33. The Hall–Kier alpha value is -1.44. The molecule has 6 nitrogen and oxygen atoms in total. The average Bonchev–Trinajstić information content (AvgIpc) is 2.99. The molecule has 3 rings (SSSR count). The van der Waals surface area contributed by atoms with Crippen LogP contribution in [0.1, 0.15) is 19.8 Å². The molecule has 1 saturated heterocycles. The Balaban J connectivity index is 0.00000192. The van der Waals surface area contributed by atoms with E-state index in [9.17, 15) is 9.59 Å². The summed E-state index contributed by atoms with van der Waals surface area (Å²) in [6, 6.07) is 1.83. The highest BCUT2D eigenvalue weighted by Crippen LogP contribution is 2.22. The standard InChI is InChI=1S/C15H20N4O2S.ClH/c1-10-2-4-19(11(6-10)7-16)13(20)8-18-9-17-14-12(15(18)21)3-5-22-14;/h3,5,9-11H,2,4,6-8,16H2,1H3;1H. The Morgan fingerprint density at radius 3 is 3.04 bits per heavy atom. The number of fused-ring (bicyclic) bond motifs is 1. The molecule has 2 N–H and O–H groups in total. The summed E-state index contributed by atoms with van der Waals surface area (Å²) < 4.78 is 1.39. The topological polar surface area (TPSA) is 81.2 Å². The fraction of sp³-hybridized carbons (Fsp3) is 0.533. The van der Waals surface area contributed by atoms with Crippen LogP contribution in [0.25, 0.3) is 10.2 Å². The first-order valence-corrected chi connectivity index (χ1v) is 8.40. The van der Waals surface area contributed by atoms with E-state index in [0.717, 1.165) is 12.8 Å². The van der Waals surface area contributed by atoms with E-state index in [1.54, 1.807) is 6.07 Å². The lowest BCUT2D eigenvalue weighted by Gasteiger charge is -2.38. The van der Waals surface area contributed by atoms with Crippen molar-refractivity contribution in [3.63, 3.8) is 0 Å². The molecule has 8 heteroatoms. The van der Waals surface area contributed by atoms with Crippen molar-refractivity contribution < 1.29 is 4.79 Å². The summed E-state index contributed by atoms with van der Waals surface area (Å²) in [4.78, 5) is 31.7. The minimum atomic E-state index is -0.158. The molecule has 126 valence electrons. The number of hydrogen-bond donors (Lipinski definition) is 1. The van der Waals surface area contributed by atoms with Gasteiger partial charge in [-0.15, -0.1) is 23.7 Å². The third-order valence-corrected chi connectivity index (χ3v) is 5.15. The van der Waals surface area contributed by atoms with E-state index in [0.29, 0.717) is 29.2 Å². The largest absolute Gasteiger partial charge is 0.337 e. The number of hydrogen-bond acceptors (Lipinski definition) is 5. The van der Waals surface area contributed by atoms with Gasteiger partial charge in [-0.25, -0.2) is 4.98 Å². The number of thiophene rings is 1. The van der Waals surface area contributed by atoms with Crippen LogP contribution in [0.15, 0.2) is 22.6 Å². The number of rotatable bonds is 3. The summed E-state index contributed by atoms with van der Waals surface area (Å²) in [7, 11) is 0. The molecule has 2 unspecified atom stereocenters. The van der Waals surface area contributed by atoms with Gasteiger partial charge in [-0.1, -0.05) is 6.92 Å². The van der Waals surface area contributed by atoms with Gasteiger partial charge in [0.2, 0.25) is 5.91 Å². The maximum atomic E-state index is 12.6. The van der Waals surface area contributed by atoms with E-state index < -0.39 is 0 Å². The van der Waals surface area contributed by atoms with Crippen LogP contribution in [-0.4, -0.2) is 39.5 Å². The lowest BCUT2D eigenvalue weighted by atomic mass is 9.92. The van der Waals surface area contributed by atoms with Gasteiger partial charge in [-0.2, -0.15) is 0 Å². The van der Waals surface area contributed by atoms with Crippen LogP contribution < -0.4 is 11.3 Å². The second kappa shape index (κ2) is 7.42. The van der Waals surface area contributed by atoms with Crippen molar-refractivity contribution in [2.24, 2.45) is 11.7 Å². The van der Waals surface area contributed by atoms with Crippen molar-refractivity contribution in [2.45, 2.75) is 32.4 Å². The summed E-state index contributed by atoms with van der Waals surface area (Å²) in [5.74, 6) is 0.532. The molecule has 0 spiro atoms. The summed E-state index contributed by atoms with van der Waals surface area (Å²) in [6.45, 7) is 3.39. The summed E-state index contributed by atoms with van der Waals surface area (Å²) in [5, 5.41) is 2.41. The smallest absolute Gasteiger partial charge is 0.262 e. The lowest BCUT2D eigenvalue weighted by molar-refractivity contribution is -0.136. The Bertz CT molecular complexity index is 744. The normalized spacial score (nSPS) is 21.2. The predicted octanol–water partition coefficient (Wildman–Crippen LogP) is 1.47. The van der Waals surface area contributed by atoms with Gasteiger partial charge in [0.25, 0.3) is 5.56 Å². The summed E-state index contributed by atoms with van der Waals surface area (Å²) in [6.07, 6.45) is 3.38. The van der Waals surface area contributed by atoms with Gasteiger partial charge in [0.1, 0.15) is 11.4 Å². The van der Waals surface area contributed by atoms with Gasteiger partial charge < -0.3 is 10.6 Å². The number of halogens is 1. The second-order valence-corrected chi connectivity index (χ2v) is 6.82. The van der Waals surface area contributed by atoms with Crippen LogP contribution in [-0.2, 0) is 11.3 Å². The van der Waals surface area contributed by atoms with Gasteiger partial charge in [-0.05, 0) is 30.2 Å². The molecule has 0 saturated carbocycles. The van der Waals surface area contributed by atoms with Crippen molar-refractivity contribution in [3.8, 4) is 0 Å². The SMILES string of the molecule is CC1CCN(C(=O)Cn2cnc3sccc3c2=O)C(CN)C1.Cl. The first kappa shape index (κ1) is 17.9. The first-order valence-electron chi connectivity index (χ1n) is 7.52. The lowest BCUT2D eigenvalue weighted by Crippen LogP contribution is -2.50. The van der Waals surface area contributed by atoms with Crippen molar-refractivity contribution in [1.29, 1.82) is 0 Å². The van der Waals surface area contributed by atoms with Gasteiger partial charge in [0.15, 0.2) is 0 Å². The maximum Gasteiger partial charge on any atom is 0.262 e. The molecular weight excluding hydrogens is 336 g/mol. The molecule has 0 aliphatic carbocycles. The predicted molar refractivity (Wildman–Crippen MR) is 94.1 cm³/mol. The molecule has 2 aromatic rings. The highest BCUT2D eigenvalue weighted by Gasteiger charge is 2.29. The molecule has 0 bridgehead atoms. The average molecular weight is 357 g/mol. The molecule has 0 radical (unpaired) electrons. The highest BCUT2D eigenvalue weighted by molar-refractivity contribution is 7.16. The maximum absolute atomic E-state index is 12.6. The summed E-state index contributed by atoms with van der Waals surface area (Å²) in [5.41, 5.74) is 5.65. The minimum Gasteiger partial charge on any atom is -0.337 e. The molecular formula is C15H21ClN4O2S. The van der Waals surface area contributed by atoms with Crippen molar-refractivity contribution in [2.75, 3.05) is 13.1 Å². The zero-order chi connectivity index (χ0) is 15.7. The molecule has 1 aliphatic rings. The highest BCUT2D eigenvalue weighted by atomic mass is 35.5. The van der Waals surface area contributed by atoms with Crippen LogP contribution in [0.4, 0.5) is 0 Å². The molecule has 23 heavy (non-hydrogen) atoms. The number of carbonyl (C=O) groups is 1. The minimum absolute atomic E-state index is 0. The third kappa shape index (κ3) is 3.57. The number of piperidine rings is 1. The van der Waals surface area contributed by atoms with E-state index in [4.69, 9.17) is 5.73 Å². The van der Waals surface area contributed by atoms with Crippen LogP contribution in [0.5, 0.6) is 0 Å². The Labute approximate surface area is 144 Å². The van der Waals surface area contributed by atoms with Crippen LogP contribution in [0.3, 0.4) is 0 Å². The first-order chi connectivity index (χ1) is 10.6. The van der Waals surface area contributed by atoms with Gasteiger partial charge >= 0.3 is 0 Å². The van der Waals surface area contributed by atoms with Crippen molar-refractivity contribution in [1.82, 2.24) is 14.5 Å². The number of carbonyl (C=O) groups excluding carboxylic acids is 1. The van der Waals surface area contributed by atoms with Crippen LogP contribution in [0, 0.1) is 5.92 Å². The molecule has 1 amide bonds. The molecule has 3 heterocycles. The van der Waals surface area contributed by atoms with E-state index in [1.165, 1.54) is 22.2 Å². The number of nitrogens with zero attached hydrogens (tertiary/aromatic N) is 3. The van der Waals surface area contributed by atoms with Crippen molar-refractivity contribution in [3.05, 3.63) is 28.1 Å². The Morgan fingerprint density at radius 1 is 1.52 bits per heavy atom. The van der Waals surface area contributed by atoms with Crippen LogP contribution >= 0.6 is 23.7 Å². The van der Waals surface area contributed by atoms with Gasteiger partial charge in [-0.3, -0.25) is 14.2 Å². The number of aromatic nitrogens is 2. The number of likely N-dealkylation sites (tertiary alicyclic amines) is 1. The summed E-state index contributed by atoms with van der Waals surface area (Å²) >= 11 is 1.43. The molecule has 2 atom stereocenters.